The standard InChI is InChI=1S/C8H16F2N2.2ClH/c9-7(3-5-11)1-2-8(10)4-6-12;;/h1-2,7-8H,3-6,11-12H2;2*1H/b2-1+;;. The molecule has 2 nitrogen and oxygen atoms in total. The van der Waals surface area contributed by atoms with E-state index in [-0.39, 0.29) is 50.7 Å². The Morgan fingerprint density at radius 3 is 1.36 bits per heavy atom. The van der Waals surface area contributed by atoms with Crippen molar-refractivity contribution < 1.29 is 8.78 Å². The normalized spacial score (nSPS) is 14.3. The molecule has 0 fully saturated rings. The fraction of sp³-hybridized carbons (Fsp3) is 0.750. The molecule has 88 valence electrons. The number of rotatable bonds is 6. The van der Waals surface area contributed by atoms with Crippen LogP contribution in [0.25, 0.3) is 0 Å². The van der Waals surface area contributed by atoms with E-state index in [0.29, 0.717) is 0 Å². The lowest BCUT2D eigenvalue weighted by Gasteiger charge is -2.01. The molecule has 0 saturated heterocycles. The zero-order valence-corrected chi connectivity index (χ0v) is 9.50. The highest BCUT2D eigenvalue weighted by Gasteiger charge is 2.02. The Morgan fingerprint density at radius 1 is 0.857 bits per heavy atom. The third-order valence-corrected chi connectivity index (χ3v) is 1.41. The lowest BCUT2D eigenvalue weighted by atomic mass is 10.2. The number of alkyl halides is 2. The van der Waals surface area contributed by atoms with Gasteiger partial charge in [-0.3, -0.25) is 0 Å². The summed E-state index contributed by atoms with van der Waals surface area (Å²) in [5.74, 6) is 0. The van der Waals surface area contributed by atoms with E-state index in [1.54, 1.807) is 0 Å². The molecule has 0 aliphatic rings. The molecular formula is C8H18Cl2F2N2. The summed E-state index contributed by atoms with van der Waals surface area (Å²) >= 11 is 0. The monoisotopic (exact) mass is 250 g/mol. The Balaban J connectivity index is -0.000000605. The van der Waals surface area contributed by atoms with Crippen LogP contribution in [0, 0.1) is 0 Å². The number of halogens is 4. The first-order valence-corrected chi connectivity index (χ1v) is 4.07. The molecule has 0 heterocycles. The first-order valence-electron chi connectivity index (χ1n) is 4.07. The molecular weight excluding hydrogens is 233 g/mol. The quantitative estimate of drug-likeness (QED) is 0.707. The summed E-state index contributed by atoms with van der Waals surface area (Å²) in [4.78, 5) is 0. The summed E-state index contributed by atoms with van der Waals surface area (Å²) in [5, 5.41) is 0. The summed E-state index contributed by atoms with van der Waals surface area (Å²) in [6.45, 7) is 0.554. The number of allylic oxidation sites excluding steroid dienone is 2. The Kier molecular flexibility index (Phi) is 18.4. The van der Waals surface area contributed by atoms with Crippen LogP contribution >= 0.6 is 24.8 Å². The molecule has 0 aliphatic carbocycles. The van der Waals surface area contributed by atoms with Crippen molar-refractivity contribution in [1.29, 1.82) is 0 Å². The zero-order valence-electron chi connectivity index (χ0n) is 7.86. The van der Waals surface area contributed by atoms with E-state index in [9.17, 15) is 8.78 Å². The zero-order chi connectivity index (χ0) is 9.40. The minimum Gasteiger partial charge on any atom is -0.330 e. The highest BCUT2D eigenvalue weighted by molar-refractivity contribution is 5.85. The molecule has 0 aromatic carbocycles. The lowest BCUT2D eigenvalue weighted by molar-refractivity contribution is 0.361. The van der Waals surface area contributed by atoms with E-state index >= 15 is 0 Å². The fourth-order valence-electron chi connectivity index (χ4n) is 0.752. The van der Waals surface area contributed by atoms with Crippen LogP contribution in [-0.4, -0.2) is 25.4 Å². The lowest BCUT2D eigenvalue weighted by Crippen LogP contribution is -2.09. The van der Waals surface area contributed by atoms with Crippen molar-refractivity contribution in [2.75, 3.05) is 13.1 Å². The average molecular weight is 251 g/mol. The van der Waals surface area contributed by atoms with Gasteiger partial charge in [-0.2, -0.15) is 0 Å². The van der Waals surface area contributed by atoms with Gasteiger partial charge < -0.3 is 11.5 Å². The van der Waals surface area contributed by atoms with E-state index in [0.717, 1.165) is 0 Å². The van der Waals surface area contributed by atoms with Gasteiger partial charge in [-0.05, 0) is 25.9 Å². The van der Waals surface area contributed by atoms with Crippen molar-refractivity contribution in [2.24, 2.45) is 11.5 Å². The van der Waals surface area contributed by atoms with E-state index in [4.69, 9.17) is 11.5 Å². The van der Waals surface area contributed by atoms with Crippen LogP contribution in [0.5, 0.6) is 0 Å². The van der Waals surface area contributed by atoms with Gasteiger partial charge in [0.1, 0.15) is 12.3 Å². The maximum absolute atomic E-state index is 12.6. The van der Waals surface area contributed by atoms with Crippen molar-refractivity contribution in [3.63, 3.8) is 0 Å². The van der Waals surface area contributed by atoms with Gasteiger partial charge in [-0.1, -0.05) is 12.2 Å². The fourth-order valence-corrected chi connectivity index (χ4v) is 0.752. The van der Waals surface area contributed by atoms with Crippen molar-refractivity contribution in [1.82, 2.24) is 0 Å². The van der Waals surface area contributed by atoms with E-state index in [2.05, 4.69) is 0 Å². The second-order valence-electron chi connectivity index (χ2n) is 2.57. The number of hydrogen-bond acceptors (Lipinski definition) is 2. The van der Waals surface area contributed by atoms with Gasteiger partial charge >= 0.3 is 0 Å². The Morgan fingerprint density at radius 2 is 1.14 bits per heavy atom. The van der Waals surface area contributed by atoms with Crippen molar-refractivity contribution in [3.8, 4) is 0 Å². The average Bonchev–Trinajstić information content (AvgIpc) is 2.02. The first-order chi connectivity index (χ1) is 5.70. The summed E-state index contributed by atoms with van der Waals surface area (Å²) in [5.41, 5.74) is 10.2. The Bertz CT molecular complexity index is 123. The largest absolute Gasteiger partial charge is 0.330 e. The molecule has 0 spiro atoms. The molecule has 0 rings (SSSR count). The van der Waals surface area contributed by atoms with E-state index in [1.807, 2.05) is 0 Å². The van der Waals surface area contributed by atoms with Crippen LogP contribution in [0.3, 0.4) is 0 Å². The van der Waals surface area contributed by atoms with Gasteiger partial charge in [0.25, 0.3) is 0 Å². The Labute approximate surface area is 95.9 Å². The van der Waals surface area contributed by atoms with Crippen LogP contribution in [-0.2, 0) is 0 Å². The molecule has 4 N–H and O–H groups in total. The molecule has 0 bridgehead atoms. The number of nitrogens with two attached hydrogens (primary N) is 2. The second kappa shape index (κ2) is 13.1. The van der Waals surface area contributed by atoms with Gasteiger partial charge in [0.2, 0.25) is 0 Å². The van der Waals surface area contributed by atoms with Crippen LogP contribution in [0.2, 0.25) is 0 Å². The molecule has 2 unspecified atom stereocenters. The minimum atomic E-state index is -1.13. The molecule has 0 saturated carbocycles. The molecule has 6 heteroatoms. The molecule has 0 radical (unpaired) electrons. The van der Waals surface area contributed by atoms with E-state index in [1.165, 1.54) is 12.2 Å². The van der Waals surface area contributed by atoms with Crippen molar-refractivity contribution in [3.05, 3.63) is 12.2 Å². The smallest absolute Gasteiger partial charge is 0.120 e. The van der Waals surface area contributed by atoms with Crippen molar-refractivity contribution in [2.45, 2.75) is 25.2 Å². The topological polar surface area (TPSA) is 52.0 Å². The highest BCUT2D eigenvalue weighted by atomic mass is 35.5. The number of hydrogen-bond donors (Lipinski definition) is 2. The van der Waals surface area contributed by atoms with Gasteiger partial charge in [0.15, 0.2) is 0 Å². The predicted molar refractivity (Wildman–Crippen MR) is 60.8 cm³/mol. The van der Waals surface area contributed by atoms with Crippen LogP contribution in [0.4, 0.5) is 8.78 Å². The first kappa shape index (κ1) is 19.6. The molecule has 0 aromatic rings. The van der Waals surface area contributed by atoms with Gasteiger partial charge in [-0.15, -0.1) is 24.8 Å². The summed E-state index contributed by atoms with van der Waals surface area (Å²) in [7, 11) is 0. The maximum atomic E-state index is 12.6. The molecule has 2 atom stereocenters. The molecule has 0 amide bonds. The molecule has 0 aliphatic heterocycles. The second-order valence-corrected chi connectivity index (χ2v) is 2.57. The third-order valence-electron chi connectivity index (χ3n) is 1.41. The van der Waals surface area contributed by atoms with Crippen LogP contribution in [0.15, 0.2) is 12.2 Å². The van der Waals surface area contributed by atoms with Crippen LogP contribution in [0.1, 0.15) is 12.8 Å². The minimum absolute atomic E-state index is 0. The van der Waals surface area contributed by atoms with Gasteiger partial charge in [0, 0.05) is 0 Å². The highest BCUT2D eigenvalue weighted by Crippen LogP contribution is 2.03. The summed E-state index contributed by atoms with van der Waals surface area (Å²) in [6.07, 6.45) is 0.620. The van der Waals surface area contributed by atoms with Gasteiger partial charge in [-0.25, -0.2) is 8.78 Å². The van der Waals surface area contributed by atoms with Crippen LogP contribution < -0.4 is 11.5 Å². The molecule has 0 aromatic heterocycles. The summed E-state index contributed by atoms with van der Waals surface area (Å²) < 4.78 is 25.3. The SMILES string of the molecule is Cl.Cl.NCCC(F)/C=C/C(F)CCN. The molecule has 14 heavy (non-hydrogen) atoms. The third kappa shape index (κ3) is 12.1. The van der Waals surface area contributed by atoms with Gasteiger partial charge in [0.05, 0.1) is 0 Å². The van der Waals surface area contributed by atoms with E-state index < -0.39 is 12.3 Å². The van der Waals surface area contributed by atoms with Crippen molar-refractivity contribution >= 4 is 24.8 Å². The Hall–Kier alpha value is 0.1000. The predicted octanol–water partition coefficient (Wildman–Crippen LogP) is 1.76. The summed E-state index contributed by atoms with van der Waals surface area (Å²) in [6, 6.07) is 0. The maximum Gasteiger partial charge on any atom is 0.120 e.